The summed E-state index contributed by atoms with van der Waals surface area (Å²) in [7, 11) is 0. The molecule has 0 bridgehead atoms. The van der Waals surface area contributed by atoms with Gasteiger partial charge in [-0.25, -0.2) is 0 Å². The number of ether oxygens (including phenoxy) is 3. The normalized spacial score (nSPS) is 38.7. The van der Waals surface area contributed by atoms with Crippen LogP contribution in [0.3, 0.4) is 0 Å². The second kappa shape index (κ2) is 14.7. The minimum atomic E-state index is -1.72. The van der Waals surface area contributed by atoms with Crippen LogP contribution in [0.1, 0.15) is 64.7 Å². The first kappa shape index (κ1) is 29.5. The van der Waals surface area contributed by atoms with E-state index in [1.54, 1.807) is 0 Å². The topological polar surface area (TPSA) is 186 Å². The summed E-state index contributed by atoms with van der Waals surface area (Å²) in [6.07, 6.45) is -6.75. The van der Waals surface area contributed by atoms with Gasteiger partial charge in [0, 0.05) is 12.8 Å². The van der Waals surface area contributed by atoms with Gasteiger partial charge in [-0.05, 0) is 6.42 Å². The molecule has 200 valence electrons. The molecule has 0 amide bonds. The number of carbonyl (C=O) groups excluding carboxylic acids is 1. The Morgan fingerprint density at radius 2 is 1.29 bits per heavy atom. The van der Waals surface area contributed by atoms with E-state index in [0.29, 0.717) is 6.42 Å². The summed E-state index contributed by atoms with van der Waals surface area (Å²) in [4.78, 5) is 12.4. The first-order valence-electron chi connectivity index (χ1n) is 12.3. The predicted molar refractivity (Wildman–Crippen MR) is 119 cm³/mol. The summed E-state index contributed by atoms with van der Waals surface area (Å²) < 4.78 is 16.4. The van der Waals surface area contributed by atoms with Crippen LogP contribution >= 0.6 is 0 Å². The van der Waals surface area contributed by atoms with Crippen LogP contribution in [0.2, 0.25) is 0 Å². The fraction of sp³-hybridized carbons (Fsp3) is 0.957. The number of aliphatic hydroxyl groups is 7. The molecule has 2 aliphatic rings. The minimum absolute atomic E-state index is 0.116. The number of hydrogen-bond donors (Lipinski definition) is 7. The Balaban J connectivity index is 1.88. The van der Waals surface area contributed by atoms with Crippen LogP contribution in [0, 0.1) is 0 Å². The number of rotatable bonds is 14. The summed E-state index contributed by atoms with van der Waals surface area (Å²) >= 11 is 0. The van der Waals surface area contributed by atoms with Gasteiger partial charge >= 0.3 is 0 Å². The molecule has 0 aromatic heterocycles. The number of Topliss-reactive ketones (excluding diaryl/α,β-unsaturated/α-hetero) is 1. The van der Waals surface area contributed by atoms with Crippen LogP contribution in [-0.4, -0.2) is 116 Å². The maximum absolute atomic E-state index is 12.4. The molecule has 2 aliphatic heterocycles. The first-order valence-corrected chi connectivity index (χ1v) is 12.3. The zero-order valence-corrected chi connectivity index (χ0v) is 19.8. The lowest BCUT2D eigenvalue weighted by Gasteiger charge is -2.46. The summed E-state index contributed by atoms with van der Waals surface area (Å²) in [5.41, 5.74) is 0. The zero-order chi connectivity index (χ0) is 25.3. The monoisotopic (exact) mass is 494 g/mol. The Labute approximate surface area is 200 Å². The summed E-state index contributed by atoms with van der Waals surface area (Å²) in [5.74, 6) is -0.116. The summed E-state index contributed by atoms with van der Waals surface area (Å²) in [6, 6.07) is 0. The molecule has 2 rings (SSSR count). The number of carbonyl (C=O) groups is 1. The Hall–Kier alpha value is -0.730. The van der Waals surface area contributed by atoms with E-state index in [-0.39, 0.29) is 12.2 Å². The lowest BCUT2D eigenvalue weighted by Crippen LogP contribution is -2.64. The van der Waals surface area contributed by atoms with Crippen molar-refractivity contribution >= 4 is 5.78 Å². The van der Waals surface area contributed by atoms with Crippen LogP contribution < -0.4 is 0 Å². The minimum Gasteiger partial charge on any atom is -0.394 e. The van der Waals surface area contributed by atoms with Crippen molar-refractivity contribution in [1.29, 1.82) is 0 Å². The summed E-state index contributed by atoms with van der Waals surface area (Å²) in [5, 5.41) is 70.2. The maximum Gasteiger partial charge on any atom is 0.187 e. The highest BCUT2D eigenvalue weighted by Gasteiger charge is 2.50. The standard InChI is InChI=1S/C23H42O11/c1-2-3-4-5-6-7-8-9-13(26)10-14-17(27)20(30)22(16(12-25)32-14)34-23-21(31)19(29)18(28)15(11-24)33-23/h14-25,27-31H,2-12H2,1H3/t14-,15+,16+,17-,18-,19-,20+,21+,22?,23?/m0/s1. The molecule has 0 aromatic rings. The fourth-order valence-electron chi connectivity index (χ4n) is 4.44. The first-order chi connectivity index (χ1) is 16.2. The van der Waals surface area contributed by atoms with Crippen LogP contribution in [0.5, 0.6) is 0 Å². The molecule has 0 aliphatic carbocycles. The van der Waals surface area contributed by atoms with Crippen LogP contribution in [0.25, 0.3) is 0 Å². The van der Waals surface area contributed by atoms with Crippen LogP contribution in [-0.2, 0) is 19.0 Å². The van der Waals surface area contributed by atoms with Crippen molar-refractivity contribution in [3.63, 3.8) is 0 Å². The molecule has 11 heteroatoms. The van der Waals surface area contributed by atoms with Crippen molar-refractivity contribution in [3.05, 3.63) is 0 Å². The van der Waals surface area contributed by atoms with Gasteiger partial charge in [-0.15, -0.1) is 0 Å². The number of ketones is 1. The molecule has 2 fully saturated rings. The average molecular weight is 495 g/mol. The number of aliphatic hydroxyl groups excluding tert-OH is 7. The highest BCUT2D eigenvalue weighted by Crippen LogP contribution is 2.30. The van der Waals surface area contributed by atoms with Crippen molar-refractivity contribution in [2.75, 3.05) is 13.2 Å². The highest BCUT2D eigenvalue weighted by molar-refractivity contribution is 5.78. The molecule has 7 N–H and O–H groups in total. The number of hydrogen-bond acceptors (Lipinski definition) is 11. The van der Waals surface area contributed by atoms with Crippen LogP contribution in [0.15, 0.2) is 0 Å². The van der Waals surface area contributed by atoms with Gasteiger partial charge in [0.2, 0.25) is 0 Å². The lowest BCUT2D eigenvalue weighted by molar-refractivity contribution is -0.341. The van der Waals surface area contributed by atoms with Gasteiger partial charge in [0.15, 0.2) is 6.29 Å². The third-order valence-corrected chi connectivity index (χ3v) is 6.59. The smallest absolute Gasteiger partial charge is 0.187 e. The van der Waals surface area contributed by atoms with Gasteiger partial charge in [0.1, 0.15) is 54.6 Å². The van der Waals surface area contributed by atoms with E-state index >= 15 is 0 Å². The quantitative estimate of drug-likeness (QED) is 0.143. The molecular formula is C23H42O11. The van der Waals surface area contributed by atoms with Crippen molar-refractivity contribution in [1.82, 2.24) is 0 Å². The van der Waals surface area contributed by atoms with E-state index in [2.05, 4.69) is 6.92 Å². The maximum atomic E-state index is 12.4. The van der Waals surface area contributed by atoms with Crippen molar-refractivity contribution in [2.45, 2.75) is 126 Å². The van der Waals surface area contributed by atoms with Gasteiger partial charge < -0.3 is 50.0 Å². The molecule has 0 radical (unpaired) electrons. The van der Waals surface area contributed by atoms with Gasteiger partial charge in [-0.3, -0.25) is 4.79 Å². The summed E-state index contributed by atoms with van der Waals surface area (Å²) in [6.45, 7) is 0.875. The molecule has 2 heterocycles. The van der Waals surface area contributed by atoms with Gasteiger partial charge in [0.25, 0.3) is 0 Å². The Bertz CT molecular complexity index is 587. The SMILES string of the molecule is CCCCCCCCCC(=O)C[C@@H]1O[C@H](CO)C(OC2O[C@H](CO)[C@H](O)[C@H](O)[C@H]2O)[C@H](O)[C@H]1O. The van der Waals surface area contributed by atoms with Crippen LogP contribution in [0.4, 0.5) is 0 Å². The van der Waals surface area contributed by atoms with E-state index in [1.165, 1.54) is 19.3 Å². The largest absolute Gasteiger partial charge is 0.394 e. The molecular weight excluding hydrogens is 452 g/mol. The van der Waals surface area contributed by atoms with Crippen molar-refractivity contribution in [3.8, 4) is 0 Å². The molecule has 2 unspecified atom stereocenters. The molecule has 11 nitrogen and oxygen atoms in total. The third kappa shape index (κ3) is 7.89. The molecule has 0 aromatic carbocycles. The van der Waals surface area contributed by atoms with E-state index in [4.69, 9.17) is 14.2 Å². The Morgan fingerprint density at radius 3 is 1.91 bits per heavy atom. The van der Waals surface area contributed by atoms with E-state index in [9.17, 15) is 40.5 Å². The van der Waals surface area contributed by atoms with Gasteiger partial charge in [0.05, 0.1) is 19.3 Å². The van der Waals surface area contributed by atoms with Crippen molar-refractivity contribution in [2.24, 2.45) is 0 Å². The van der Waals surface area contributed by atoms with E-state index in [1.807, 2.05) is 0 Å². The third-order valence-electron chi connectivity index (χ3n) is 6.59. The molecule has 0 spiro atoms. The molecule has 10 atom stereocenters. The van der Waals surface area contributed by atoms with E-state index in [0.717, 1.165) is 25.7 Å². The Morgan fingerprint density at radius 1 is 0.706 bits per heavy atom. The van der Waals surface area contributed by atoms with E-state index < -0.39 is 74.4 Å². The number of unbranched alkanes of at least 4 members (excludes halogenated alkanes) is 6. The molecule has 2 saturated heterocycles. The van der Waals surface area contributed by atoms with Crippen molar-refractivity contribution < 1.29 is 54.8 Å². The van der Waals surface area contributed by atoms with Gasteiger partial charge in [-0.2, -0.15) is 0 Å². The second-order valence-corrected chi connectivity index (χ2v) is 9.29. The van der Waals surface area contributed by atoms with Gasteiger partial charge in [-0.1, -0.05) is 45.4 Å². The Kier molecular flexibility index (Phi) is 12.8. The molecule has 0 saturated carbocycles. The average Bonchev–Trinajstić information content (AvgIpc) is 2.83. The predicted octanol–water partition coefficient (Wildman–Crippen LogP) is -1.25. The highest BCUT2D eigenvalue weighted by atomic mass is 16.7. The zero-order valence-electron chi connectivity index (χ0n) is 19.8. The second-order valence-electron chi connectivity index (χ2n) is 9.29. The fourth-order valence-corrected chi connectivity index (χ4v) is 4.44. The molecule has 34 heavy (non-hydrogen) atoms. The lowest BCUT2D eigenvalue weighted by atomic mass is 9.91.